The molecule has 0 aliphatic heterocycles. The Morgan fingerprint density at radius 1 is 1.50 bits per heavy atom. The van der Waals surface area contributed by atoms with Crippen LogP contribution >= 0.6 is 11.6 Å². The van der Waals surface area contributed by atoms with E-state index < -0.39 is 0 Å². The maximum Gasteiger partial charge on any atom is 0.144 e. The van der Waals surface area contributed by atoms with Gasteiger partial charge in [-0.1, -0.05) is 11.6 Å². The first kappa shape index (κ1) is 7.43. The highest BCUT2D eigenvalue weighted by Crippen LogP contribution is 2.22. The quantitative estimate of drug-likeness (QED) is 0.654. The van der Waals surface area contributed by atoms with Gasteiger partial charge in [-0.05, 0) is 19.1 Å². The molecule has 0 atom stereocenters. The molecule has 0 bridgehead atoms. The summed E-state index contributed by atoms with van der Waals surface area (Å²) >= 11 is 5.80. The largest absolute Gasteiger partial charge is 0.382 e. The third kappa shape index (κ3) is 1.02. The minimum Gasteiger partial charge on any atom is -0.382 e. The second-order valence-corrected chi connectivity index (χ2v) is 3.15. The molecule has 62 valence electrons. The van der Waals surface area contributed by atoms with E-state index in [0.29, 0.717) is 10.8 Å². The van der Waals surface area contributed by atoms with E-state index in [4.69, 9.17) is 17.3 Å². The number of aromatic amines is 1. The van der Waals surface area contributed by atoms with Gasteiger partial charge in [0.1, 0.15) is 11.5 Å². The zero-order chi connectivity index (χ0) is 8.72. The number of hydrogen-bond donors (Lipinski definition) is 2. The molecule has 2 rings (SSSR count). The van der Waals surface area contributed by atoms with E-state index in [-0.39, 0.29) is 0 Å². The van der Waals surface area contributed by atoms with Gasteiger partial charge in [0.25, 0.3) is 0 Å². The van der Waals surface area contributed by atoms with Gasteiger partial charge in [-0.3, -0.25) is 0 Å². The first-order valence-electron chi connectivity index (χ1n) is 3.58. The van der Waals surface area contributed by atoms with Gasteiger partial charge in [0.05, 0.1) is 5.02 Å². The Labute approximate surface area is 74.5 Å². The summed E-state index contributed by atoms with van der Waals surface area (Å²) in [4.78, 5) is 7.16. The smallest absolute Gasteiger partial charge is 0.144 e. The zero-order valence-corrected chi connectivity index (χ0v) is 7.31. The van der Waals surface area contributed by atoms with Crippen LogP contribution < -0.4 is 5.73 Å². The van der Waals surface area contributed by atoms with Gasteiger partial charge in [0.15, 0.2) is 0 Å². The molecule has 0 spiro atoms. The Hall–Kier alpha value is -1.22. The molecule has 0 fully saturated rings. The summed E-state index contributed by atoms with van der Waals surface area (Å²) in [6.45, 7) is 1.96. The van der Waals surface area contributed by atoms with Gasteiger partial charge >= 0.3 is 0 Å². The van der Waals surface area contributed by atoms with E-state index in [9.17, 15) is 0 Å². The minimum absolute atomic E-state index is 0.367. The van der Waals surface area contributed by atoms with Crippen molar-refractivity contribution in [3.8, 4) is 0 Å². The Bertz CT molecular complexity index is 394. The second-order valence-electron chi connectivity index (χ2n) is 2.75. The first-order chi connectivity index (χ1) is 5.66. The lowest BCUT2D eigenvalue weighted by Crippen LogP contribution is -1.90. The Morgan fingerprint density at radius 3 is 3.00 bits per heavy atom. The number of halogens is 1. The van der Waals surface area contributed by atoms with Gasteiger partial charge in [-0.2, -0.15) is 0 Å². The third-order valence-electron chi connectivity index (χ3n) is 1.72. The van der Waals surface area contributed by atoms with E-state index in [0.717, 1.165) is 16.7 Å². The van der Waals surface area contributed by atoms with Crippen molar-refractivity contribution >= 4 is 28.5 Å². The molecule has 0 unspecified atom stereocenters. The molecular formula is C8H8ClN3. The summed E-state index contributed by atoms with van der Waals surface area (Å²) in [5.41, 5.74) is 7.37. The average Bonchev–Trinajstić information content (AvgIpc) is 2.30. The highest BCUT2D eigenvalue weighted by atomic mass is 35.5. The maximum atomic E-state index is 5.80. The molecule has 0 amide bonds. The number of nitrogens with one attached hydrogen (secondary N) is 1. The maximum absolute atomic E-state index is 5.80. The SMILES string of the molecule is Cc1cc2cc(Cl)c(N)nc2[nH]1. The molecule has 4 heteroatoms. The molecule has 0 radical (unpaired) electrons. The van der Waals surface area contributed by atoms with E-state index in [1.54, 1.807) is 0 Å². The van der Waals surface area contributed by atoms with Crippen molar-refractivity contribution in [1.82, 2.24) is 9.97 Å². The van der Waals surface area contributed by atoms with Crippen LogP contribution in [0.4, 0.5) is 5.82 Å². The molecule has 2 heterocycles. The molecular weight excluding hydrogens is 174 g/mol. The van der Waals surface area contributed by atoms with Gasteiger partial charge in [0.2, 0.25) is 0 Å². The van der Waals surface area contributed by atoms with Crippen LogP contribution in [0.5, 0.6) is 0 Å². The Balaban J connectivity index is 2.83. The number of nitrogens with two attached hydrogens (primary N) is 1. The fourth-order valence-electron chi connectivity index (χ4n) is 1.18. The molecule has 2 aromatic rings. The summed E-state index contributed by atoms with van der Waals surface area (Å²) < 4.78 is 0. The van der Waals surface area contributed by atoms with Crippen molar-refractivity contribution in [2.45, 2.75) is 6.92 Å². The van der Waals surface area contributed by atoms with Crippen LogP contribution in [0.1, 0.15) is 5.69 Å². The molecule has 0 saturated carbocycles. The number of H-pyrrole nitrogens is 1. The topological polar surface area (TPSA) is 54.7 Å². The standard InChI is InChI=1S/C8H8ClN3/c1-4-2-5-3-6(9)7(10)12-8(5)11-4/h2-3H,1H3,(H3,10,11,12). The monoisotopic (exact) mass is 181 g/mol. The molecule has 0 aromatic carbocycles. The van der Waals surface area contributed by atoms with Gasteiger partial charge in [-0.15, -0.1) is 0 Å². The summed E-state index contributed by atoms with van der Waals surface area (Å²) in [5.74, 6) is 0.367. The summed E-state index contributed by atoms with van der Waals surface area (Å²) in [5, 5.41) is 1.49. The fraction of sp³-hybridized carbons (Fsp3) is 0.125. The number of anilines is 1. The number of hydrogen-bond acceptors (Lipinski definition) is 2. The number of aromatic nitrogens is 2. The third-order valence-corrected chi connectivity index (χ3v) is 2.02. The van der Waals surface area contributed by atoms with Crippen LogP contribution in [0.25, 0.3) is 11.0 Å². The zero-order valence-electron chi connectivity index (χ0n) is 6.56. The molecule has 3 nitrogen and oxygen atoms in total. The lowest BCUT2D eigenvalue weighted by atomic mass is 10.3. The van der Waals surface area contributed by atoms with Crippen molar-refractivity contribution < 1.29 is 0 Å². The van der Waals surface area contributed by atoms with E-state index >= 15 is 0 Å². The first-order valence-corrected chi connectivity index (χ1v) is 3.96. The van der Waals surface area contributed by atoms with E-state index in [2.05, 4.69) is 9.97 Å². The number of nitrogen functional groups attached to an aromatic ring is 1. The summed E-state index contributed by atoms with van der Waals surface area (Å²) in [7, 11) is 0. The predicted molar refractivity (Wildman–Crippen MR) is 50.3 cm³/mol. The van der Waals surface area contributed by atoms with E-state index in [1.807, 2.05) is 19.1 Å². The normalized spacial score (nSPS) is 10.8. The Kier molecular flexibility index (Phi) is 1.48. The van der Waals surface area contributed by atoms with Crippen LogP contribution in [0.3, 0.4) is 0 Å². The molecule has 2 aromatic heterocycles. The average molecular weight is 182 g/mol. The van der Waals surface area contributed by atoms with Crippen molar-refractivity contribution in [2.75, 3.05) is 5.73 Å². The molecule has 0 saturated heterocycles. The Morgan fingerprint density at radius 2 is 2.25 bits per heavy atom. The van der Waals surface area contributed by atoms with Crippen molar-refractivity contribution in [3.63, 3.8) is 0 Å². The number of nitrogens with zero attached hydrogens (tertiary/aromatic N) is 1. The molecule has 12 heavy (non-hydrogen) atoms. The van der Waals surface area contributed by atoms with Gasteiger partial charge < -0.3 is 10.7 Å². The van der Waals surface area contributed by atoms with Crippen molar-refractivity contribution in [3.05, 3.63) is 22.8 Å². The number of fused-ring (bicyclic) bond motifs is 1. The highest BCUT2D eigenvalue weighted by molar-refractivity contribution is 6.33. The van der Waals surface area contributed by atoms with Crippen molar-refractivity contribution in [1.29, 1.82) is 0 Å². The van der Waals surface area contributed by atoms with Crippen LogP contribution in [0, 0.1) is 6.92 Å². The van der Waals surface area contributed by atoms with Crippen LogP contribution in [0.2, 0.25) is 5.02 Å². The van der Waals surface area contributed by atoms with Crippen molar-refractivity contribution in [2.24, 2.45) is 0 Å². The molecule has 0 aliphatic rings. The molecule has 3 N–H and O–H groups in total. The summed E-state index contributed by atoms with van der Waals surface area (Å²) in [6, 6.07) is 3.79. The molecule has 0 aliphatic carbocycles. The van der Waals surface area contributed by atoms with Gasteiger partial charge in [-0.25, -0.2) is 4.98 Å². The predicted octanol–water partition coefficient (Wildman–Crippen LogP) is 2.11. The summed E-state index contributed by atoms with van der Waals surface area (Å²) in [6.07, 6.45) is 0. The lowest BCUT2D eigenvalue weighted by molar-refractivity contribution is 1.25. The van der Waals surface area contributed by atoms with E-state index in [1.165, 1.54) is 0 Å². The number of rotatable bonds is 0. The van der Waals surface area contributed by atoms with Crippen LogP contribution in [0.15, 0.2) is 12.1 Å². The number of pyridine rings is 1. The van der Waals surface area contributed by atoms with Crippen LogP contribution in [-0.4, -0.2) is 9.97 Å². The number of aryl methyl sites for hydroxylation is 1. The second kappa shape index (κ2) is 2.38. The lowest BCUT2D eigenvalue weighted by Gasteiger charge is -1.95. The highest BCUT2D eigenvalue weighted by Gasteiger charge is 2.02. The van der Waals surface area contributed by atoms with Crippen LogP contribution in [-0.2, 0) is 0 Å². The fourth-order valence-corrected chi connectivity index (χ4v) is 1.34. The minimum atomic E-state index is 0.367. The van der Waals surface area contributed by atoms with Gasteiger partial charge in [0, 0.05) is 11.1 Å².